The molecule has 0 aromatic heterocycles. The van der Waals surface area contributed by atoms with Crippen LogP contribution in [0.3, 0.4) is 0 Å². The van der Waals surface area contributed by atoms with Gasteiger partial charge in [-0.3, -0.25) is 4.79 Å². The van der Waals surface area contributed by atoms with Crippen molar-refractivity contribution in [1.29, 1.82) is 0 Å². The summed E-state index contributed by atoms with van der Waals surface area (Å²) in [6.45, 7) is 4.27. The fraction of sp³-hybridized carbons (Fsp3) is 0.933. The highest BCUT2D eigenvalue weighted by atomic mass is 35.5. The molecule has 2 saturated heterocycles. The zero-order valence-corrected chi connectivity index (χ0v) is 14.0. The topological polar surface area (TPSA) is 50.8 Å². The van der Waals surface area contributed by atoms with Crippen LogP contribution in [0.25, 0.3) is 0 Å². The highest BCUT2D eigenvalue weighted by molar-refractivity contribution is 5.85. The highest BCUT2D eigenvalue weighted by Gasteiger charge is 2.41. The van der Waals surface area contributed by atoms with Gasteiger partial charge in [-0.2, -0.15) is 0 Å². The number of hydrogen-bond acceptors (Lipinski definition) is 4. The predicted molar refractivity (Wildman–Crippen MR) is 84.9 cm³/mol. The maximum absolute atomic E-state index is 12.7. The molecule has 0 aromatic rings. The minimum Gasteiger partial charge on any atom is -0.381 e. The molecule has 2 rings (SSSR count). The molecule has 0 saturated carbocycles. The average Bonchev–Trinajstić information content (AvgIpc) is 2.53. The summed E-state index contributed by atoms with van der Waals surface area (Å²) in [6, 6.07) is 0. The third kappa shape index (κ3) is 4.81. The lowest BCUT2D eigenvalue weighted by molar-refractivity contribution is -0.157. The maximum Gasteiger partial charge on any atom is 0.254 e. The van der Waals surface area contributed by atoms with Crippen LogP contribution in [0.1, 0.15) is 32.1 Å². The van der Waals surface area contributed by atoms with Crippen molar-refractivity contribution in [2.75, 3.05) is 47.0 Å². The van der Waals surface area contributed by atoms with Gasteiger partial charge in [-0.1, -0.05) is 0 Å². The van der Waals surface area contributed by atoms with Crippen molar-refractivity contribution in [3.05, 3.63) is 0 Å². The standard InChI is InChI=1S/C15H28N2O3.ClH/c1-17(10-3-13-4-11-20-12-5-13)14(18)15(19-2)6-8-16-9-7-15;/h13,16H,3-12H2,1-2H3;1H. The van der Waals surface area contributed by atoms with E-state index >= 15 is 0 Å². The number of ether oxygens (including phenoxy) is 2. The number of halogens is 1. The van der Waals surface area contributed by atoms with E-state index in [0.717, 1.165) is 65.0 Å². The average molecular weight is 321 g/mol. The van der Waals surface area contributed by atoms with Crippen LogP contribution in [0.15, 0.2) is 0 Å². The number of rotatable bonds is 5. The SMILES string of the molecule is COC1(C(=O)N(C)CCC2CCOCC2)CCNCC1.Cl. The summed E-state index contributed by atoms with van der Waals surface area (Å²) in [4.78, 5) is 14.5. The normalized spacial score (nSPS) is 22.4. The summed E-state index contributed by atoms with van der Waals surface area (Å²) < 4.78 is 11.0. The number of piperidine rings is 1. The fourth-order valence-electron chi connectivity index (χ4n) is 3.20. The molecule has 21 heavy (non-hydrogen) atoms. The van der Waals surface area contributed by atoms with E-state index in [9.17, 15) is 4.79 Å². The van der Waals surface area contributed by atoms with Gasteiger partial charge in [0.2, 0.25) is 0 Å². The molecule has 0 aromatic carbocycles. The van der Waals surface area contributed by atoms with Gasteiger partial charge < -0.3 is 19.7 Å². The van der Waals surface area contributed by atoms with Crippen molar-refractivity contribution >= 4 is 18.3 Å². The molecule has 2 aliphatic heterocycles. The van der Waals surface area contributed by atoms with Crippen LogP contribution in [0.5, 0.6) is 0 Å². The second-order valence-corrected chi connectivity index (χ2v) is 6.02. The molecule has 6 heteroatoms. The van der Waals surface area contributed by atoms with Crippen molar-refractivity contribution in [2.24, 2.45) is 5.92 Å². The zero-order chi connectivity index (χ0) is 14.4. The number of likely N-dealkylation sites (N-methyl/N-ethyl adjacent to an activating group) is 1. The number of amides is 1. The molecule has 0 unspecified atom stereocenters. The molecule has 2 heterocycles. The summed E-state index contributed by atoms with van der Waals surface area (Å²) in [7, 11) is 3.57. The van der Waals surface area contributed by atoms with E-state index in [1.54, 1.807) is 7.11 Å². The fourth-order valence-corrected chi connectivity index (χ4v) is 3.20. The van der Waals surface area contributed by atoms with Crippen LogP contribution < -0.4 is 5.32 Å². The maximum atomic E-state index is 12.7. The number of carbonyl (C=O) groups is 1. The van der Waals surface area contributed by atoms with E-state index in [2.05, 4.69) is 5.32 Å². The van der Waals surface area contributed by atoms with Crippen LogP contribution >= 0.6 is 12.4 Å². The van der Waals surface area contributed by atoms with Crippen molar-refractivity contribution in [3.8, 4) is 0 Å². The van der Waals surface area contributed by atoms with Gasteiger partial charge in [0, 0.05) is 33.9 Å². The molecule has 1 N–H and O–H groups in total. The molecule has 0 aliphatic carbocycles. The Labute approximate surface area is 134 Å². The van der Waals surface area contributed by atoms with Gasteiger partial charge in [0.25, 0.3) is 5.91 Å². The first kappa shape index (κ1) is 18.7. The van der Waals surface area contributed by atoms with Crippen LogP contribution in [-0.2, 0) is 14.3 Å². The van der Waals surface area contributed by atoms with Gasteiger partial charge in [0.05, 0.1) is 0 Å². The Morgan fingerprint density at radius 1 is 1.33 bits per heavy atom. The second kappa shape index (κ2) is 8.93. The molecule has 5 nitrogen and oxygen atoms in total. The van der Waals surface area contributed by atoms with Crippen LogP contribution in [0, 0.1) is 5.92 Å². The van der Waals surface area contributed by atoms with E-state index in [1.807, 2.05) is 11.9 Å². The molecule has 0 bridgehead atoms. The lowest BCUT2D eigenvalue weighted by atomic mass is 9.90. The third-order valence-corrected chi connectivity index (χ3v) is 4.75. The lowest BCUT2D eigenvalue weighted by Gasteiger charge is -2.38. The summed E-state index contributed by atoms with van der Waals surface area (Å²) >= 11 is 0. The first-order valence-electron chi connectivity index (χ1n) is 7.77. The van der Waals surface area contributed by atoms with Crippen LogP contribution in [0.2, 0.25) is 0 Å². The third-order valence-electron chi connectivity index (χ3n) is 4.75. The van der Waals surface area contributed by atoms with Gasteiger partial charge in [-0.05, 0) is 51.1 Å². The van der Waals surface area contributed by atoms with Gasteiger partial charge in [0.1, 0.15) is 5.60 Å². The molecule has 2 fully saturated rings. The van der Waals surface area contributed by atoms with E-state index < -0.39 is 5.60 Å². The van der Waals surface area contributed by atoms with Crippen LogP contribution in [0.4, 0.5) is 0 Å². The molecule has 124 valence electrons. The van der Waals surface area contributed by atoms with Crippen molar-refractivity contribution < 1.29 is 14.3 Å². The lowest BCUT2D eigenvalue weighted by Crippen LogP contribution is -2.54. The van der Waals surface area contributed by atoms with Crippen molar-refractivity contribution in [3.63, 3.8) is 0 Å². The van der Waals surface area contributed by atoms with E-state index in [-0.39, 0.29) is 18.3 Å². The summed E-state index contributed by atoms with van der Waals surface area (Å²) in [5.41, 5.74) is -0.602. The summed E-state index contributed by atoms with van der Waals surface area (Å²) in [6.07, 6.45) is 4.86. The molecule has 2 aliphatic rings. The molecular formula is C15H29ClN2O3. The Bertz CT molecular complexity index is 316. The Kier molecular flexibility index (Phi) is 7.95. The largest absolute Gasteiger partial charge is 0.381 e. The first-order valence-corrected chi connectivity index (χ1v) is 7.77. The van der Waals surface area contributed by atoms with E-state index in [4.69, 9.17) is 9.47 Å². The molecule has 0 radical (unpaired) electrons. The Morgan fingerprint density at radius 3 is 2.52 bits per heavy atom. The minimum absolute atomic E-state index is 0. The van der Waals surface area contributed by atoms with Gasteiger partial charge in [-0.15, -0.1) is 12.4 Å². The monoisotopic (exact) mass is 320 g/mol. The number of nitrogens with zero attached hydrogens (tertiary/aromatic N) is 1. The minimum atomic E-state index is -0.602. The van der Waals surface area contributed by atoms with Gasteiger partial charge in [-0.25, -0.2) is 0 Å². The highest BCUT2D eigenvalue weighted by Crippen LogP contribution is 2.25. The summed E-state index contributed by atoms with van der Waals surface area (Å²) in [5.74, 6) is 0.846. The number of nitrogens with one attached hydrogen (secondary N) is 1. The molecule has 1 amide bonds. The Balaban J connectivity index is 0.00000220. The van der Waals surface area contributed by atoms with Crippen molar-refractivity contribution in [1.82, 2.24) is 10.2 Å². The molecular weight excluding hydrogens is 292 g/mol. The number of carbonyl (C=O) groups excluding carboxylic acids is 1. The van der Waals surface area contributed by atoms with Crippen LogP contribution in [-0.4, -0.2) is 63.4 Å². The van der Waals surface area contributed by atoms with Gasteiger partial charge >= 0.3 is 0 Å². The van der Waals surface area contributed by atoms with E-state index in [1.165, 1.54) is 0 Å². The predicted octanol–water partition coefficient (Wildman–Crippen LogP) is 1.45. The molecule has 0 spiro atoms. The number of hydrogen-bond donors (Lipinski definition) is 1. The molecule has 0 atom stereocenters. The summed E-state index contributed by atoms with van der Waals surface area (Å²) in [5, 5.41) is 3.29. The smallest absolute Gasteiger partial charge is 0.254 e. The number of methoxy groups -OCH3 is 1. The Hall–Kier alpha value is -0.360. The van der Waals surface area contributed by atoms with Crippen molar-refractivity contribution in [2.45, 2.75) is 37.7 Å². The Morgan fingerprint density at radius 2 is 1.95 bits per heavy atom. The quantitative estimate of drug-likeness (QED) is 0.833. The second-order valence-electron chi connectivity index (χ2n) is 6.02. The first-order chi connectivity index (χ1) is 9.68. The zero-order valence-electron chi connectivity index (χ0n) is 13.2. The van der Waals surface area contributed by atoms with E-state index in [0.29, 0.717) is 5.92 Å². The van der Waals surface area contributed by atoms with Gasteiger partial charge in [0.15, 0.2) is 0 Å².